The van der Waals surface area contributed by atoms with Crippen molar-refractivity contribution in [3.63, 3.8) is 0 Å². The number of hydrogen-bond acceptors (Lipinski definition) is 3. The third-order valence-corrected chi connectivity index (χ3v) is 5.30. The lowest BCUT2D eigenvalue weighted by molar-refractivity contribution is 0.0673. The van der Waals surface area contributed by atoms with Crippen LogP contribution in [-0.2, 0) is 4.74 Å². The van der Waals surface area contributed by atoms with Crippen molar-refractivity contribution < 1.29 is 19.0 Å². The van der Waals surface area contributed by atoms with E-state index in [0.717, 1.165) is 25.9 Å². The Kier molecular flexibility index (Phi) is 8.18. The first-order chi connectivity index (χ1) is 13.4. The number of carbonyl (C=O) groups excluding carboxylic acids is 1. The highest BCUT2D eigenvalue weighted by atomic mass is 19.1. The van der Waals surface area contributed by atoms with Crippen molar-refractivity contribution in [2.75, 3.05) is 6.61 Å². The van der Waals surface area contributed by atoms with Crippen molar-refractivity contribution >= 4 is 5.78 Å². The molecule has 2 aromatic carbocycles. The molecule has 0 heterocycles. The van der Waals surface area contributed by atoms with E-state index in [0.29, 0.717) is 17.0 Å². The molecule has 0 bridgehead atoms. The maximum atomic E-state index is 14.6. The third kappa shape index (κ3) is 5.20. The maximum absolute atomic E-state index is 14.6. The molecular formula is C24H31FO3. The number of halogens is 1. The average molecular weight is 387 g/mol. The molecule has 28 heavy (non-hydrogen) atoms. The van der Waals surface area contributed by atoms with Crippen molar-refractivity contribution in [3.8, 4) is 16.9 Å². The van der Waals surface area contributed by atoms with Gasteiger partial charge in [0, 0.05) is 18.6 Å². The number of carbonyl (C=O) groups is 1. The van der Waals surface area contributed by atoms with Crippen LogP contribution >= 0.6 is 0 Å². The van der Waals surface area contributed by atoms with Crippen LogP contribution in [0.3, 0.4) is 0 Å². The van der Waals surface area contributed by atoms with Crippen LogP contribution < -0.4 is 0 Å². The van der Waals surface area contributed by atoms with Crippen LogP contribution in [0, 0.1) is 5.82 Å². The zero-order valence-corrected chi connectivity index (χ0v) is 17.3. The van der Waals surface area contributed by atoms with Gasteiger partial charge in [0.2, 0.25) is 0 Å². The zero-order valence-electron chi connectivity index (χ0n) is 17.3. The molecule has 0 aliphatic rings. The first kappa shape index (κ1) is 22.1. The second kappa shape index (κ2) is 10.4. The summed E-state index contributed by atoms with van der Waals surface area (Å²) in [5, 5.41) is 10.1. The van der Waals surface area contributed by atoms with Crippen LogP contribution in [0.15, 0.2) is 36.4 Å². The summed E-state index contributed by atoms with van der Waals surface area (Å²) < 4.78 is 20.3. The summed E-state index contributed by atoms with van der Waals surface area (Å²) in [6.45, 7) is 8.69. The summed E-state index contributed by atoms with van der Waals surface area (Å²) in [5.74, 6) is -1.15. The molecule has 0 aliphatic carbocycles. The molecule has 0 saturated carbocycles. The van der Waals surface area contributed by atoms with Gasteiger partial charge in [-0.15, -0.1) is 0 Å². The van der Waals surface area contributed by atoms with E-state index in [1.807, 2.05) is 31.2 Å². The topological polar surface area (TPSA) is 46.5 Å². The number of aromatic hydroxyl groups is 1. The van der Waals surface area contributed by atoms with Crippen LogP contribution in [0.1, 0.15) is 75.2 Å². The number of hydrogen-bond donors (Lipinski definition) is 1. The van der Waals surface area contributed by atoms with Crippen molar-refractivity contribution in [2.24, 2.45) is 0 Å². The van der Waals surface area contributed by atoms with Crippen LogP contribution in [-0.4, -0.2) is 23.6 Å². The number of Topliss-reactive ketones (excluding diaryl/α,β-unsaturated/α-hetero) is 1. The van der Waals surface area contributed by atoms with Crippen LogP contribution in [0.2, 0.25) is 0 Å². The number of benzene rings is 2. The molecule has 2 rings (SSSR count). The fourth-order valence-corrected chi connectivity index (χ4v) is 3.55. The quantitative estimate of drug-likeness (QED) is 0.475. The molecule has 0 aliphatic heterocycles. The van der Waals surface area contributed by atoms with E-state index >= 15 is 0 Å². The molecule has 0 saturated heterocycles. The van der Waals surface area contributed by atoms with E-state index < -0.39 is 11.6 Å². The van der Waals surface area contributed by atoms with Gasteiger partial charge in [0.25, 0.3) is 0 Å². The standard InChI is InChI=1S/C24H31FO3/c1-5-17(9-8-16(4)28-7-3)18-10-12-19(13-11-18)20-14-15-21(22(26)6-2)24(27)23(20)25/h10-17,27H,5-9H2,1-4H3. The van der Waals surface area contributed by atoms with E-state index in [2.05, 4.69) is 13.8 Å². The molecule has 3 nitrogen and oxygen atoms in total. The van der Waals surface area contributed by atoms with Crippen molar-refractivity contribution in [1.82, 2.24) is 0 Å². The Morgan fingerprint density at radius 2 is 1.75 bits per heavy atom. The van der Waals surface area contributed by atoms with E-state index in [1.54, 1.807) is 13.0 Å². The smallest absolute Gasteiger partial charge is 0.173 e. The van der Waals surface area contributed by atoms with Gasteiger partial charge in [-0.05, 0) is 56.2 Å². The second-order valence-electron chi connectivity index (χ2n) is 7.17. The highest BCUT2D eigenvalue weighted by Gasteiger charge is 2.18. The summed E-state index contributed by atoms with van der Waals surface area (Å²) >= 11 is 0. The zero-order chi connectivity index (χ0) is 20.7. The highest BCUT2D eigenvalue weighted by molar-refractivity contribution is 5.99. The Balaban J connectivity index is 2.19. The summed E-state index contributed by atoms with van der Waals surface area (Å²) in [6, 6.07) is 10.9. The van der Waals surface area contributed by atoms with Crippen molar-refractivity contribution in [3.05, 3.63) is 53.3 Å². The molecule has 0 spiro atoms. The van der Waals surface area contributed by atoms with E-state index in [-0.39, 0.29) is 23.9 Å². The van der Waals surface area contributed by atoms with Crippen molar-refractivity contribution in [2.45, 2.75) is 65.4 Å². The summed E-state index contributed by atoms with van der Waals surface area (Å²) in [5.41, 5.74) is 2.24. The maximum Gasteiger partial charge on any atom is 0.173 e. The molecule has 152 valence electrons. The van der Waals surface area contributed by atoms with Gasteiger partial charge in [-0.3, -0.25) is 4.79 Å². The largest absolute Gasteiger partial charge is 0.504 e. The van der Waals surface area contributed by atoms with E-state index in [4.69, 9.17) is 4.74 Å². The first-order valence-corrected chi connectivity index (χ1v) is 10.2. The van der Waals surface area contributed by atoms with Gasteiger partial charge in [-0.2, -0.15) is 0 Å². The van der Waals surface area contributed by atoms with E-state index in [9.17, 15) is 14.3 Å². The minimum absolute atomic E-state index is 0.0369. The lowest BCUT2D eigenvalue weighted by Gasteiger charge is -2.19. The number of phenols is 1. The minimum atomic E-state index is -0.746. The Morgan fingerprint density at radius 1 is 1.07 bits per heavy atom. The first-order valence-electron chi connectivity index (χ1n) is 10.2. The predicted octanol–water partition coefficient (Wildman–Crippen LogP) is 6.49. The molecule has 4 heteroatoms. The molecular weight excluding hydrogens is 355 g/mol. The van der Waals surface area contributed by atoms with E-state index in [1.165, 1.54) is 11.6 Å². The second-order valence-corrected chi connectivity index (χ2v) is 7.17. The summed E-state index contributed by atoms with van der Waals surface area (Å²) in [7, 11) is 0. The number of ether oxygens (including phenoxy) is 1. The fraction of sp³-hybridized carbons (Fsp3) is 0.458. The number of ketones is 1. The molecule has 1 N–H and O–H groups in total. The fourth-order valence-electron chi connectivity index (χ4n) is 3.55. The van der Waals surface area contributed by atoms with Crippen molar-refractivity contribution in [1.29, 1.82) is 0 Å². The Morgan fingerprint density at radius 3 is 2.32 bits per heavy atom. The molecule has 0 radical (unpaired) electrons. The van der Waals surface area contributed by atoms with Gasteiger partial charge < -0.3 is 9.84 Å². The van der Waals surface area contributed by atoms with Gasteiger partial charge in [-0.25, -0.2) is 4.39 Å². The molecule has 0 amide bonds. The monoisotopic (exact) mass is 386 g/mol. The molecule has 2 atom stereocenters. The van der Waals surface area contributed by atoms with Gasteiger partial charge in [-0.1, -0.05) is 44.2 Å². The van der Waals surface area contributed by atoms with Crippen LogP contribution in [0.4, 0.5) is 4.39 Å². The lowest BCUT2D eigenvalue weighted by Crippen LogP contribution is -2.10. The molecule has 2 aromatic rings. The van der Waals surface area contributed by atoms with Crippen LogP contribution in [0.25, 0.3) is 11.1 Å². The Hall–Kier alpha value is -2.20. The molecule has 2 unspecified atom stereocenters. The molecule has 0 fully saturated rings. The Bertz CT molecular complexity index is 783. The average Bonchev–Trinajstić information content (AvgIpc) is 2.70. The summed E-state index contributed by atoms with van der Waals surface area (Å²) in [6.07, 6.45) is 3.55. The number of rotatable bonds is 10. The summed E-state index contributed by atoms with van der Waals surface area (Å²) in [4.78, 5) is 11.8. The Labute approximate surface area is 167 Å². The molecule has 0 aromatic heterocycles. The SMILES string of the molecule is CCOC(C)CCC(CC)c1ccc(-c2ccc(C(=O)CC)c(O)c2F)cc1. The third-order valence-electron chi connectivity index (χ3n) is 5.30. The van der Waals surface area contributed by atoms with Crippen LogP contribution in [0.5, 0.6) is 5.75 Å². The van der Waals surface area contributed by atoms with Gasteiger partial charge >= 0.3 is 0 Å². The van der Waals surface area contributed by atoms with Gasteiger partial charge in [0.1, 0.15) is 0 Å². The number of phenolic OH excluding ortho intramolecular Hbond substituents is 1. The minimum Gasteiger partial charge on any atom is -0.504 e. The van der Waals surface area contributed by atoms with Gasteiger partial charge in [0.15, 0.2) is 17.3 Å². The lowest BCUT2D eigenvalue weighted by atomic mass is 9.89. The van der Waals surface area contributed by atoms with Gasteiger partial charge in [0.05, 0.1) is 11.7 Å². The highest BCUT2D eigenvalue weighted by Crippen LogP contribution is 2.33. The predicted molar refractivity (Wildman–Crippen MR) is 111 cm³/mol. The normalized spacial score (nSPS) is 13.3.